The van der Waals surface area contributed by atoms with Crippen molar-refractivity contribution in [2.24, 2.45) is 0 Å². The Balaban J connectivity index is 1.53. The number of H-pyrrole nitrogens is 1. The average molecular weight is 400 g/mol. The summed E-state index contributed by atoms with van der Waals surface area (Å²) in [7, 11) is 0. The van der Waals surface area contributed by atoms with Gasteiger partial charge in [0.25, 0.3) is 0 Å². The molecule has 1 N–H and O–H groups in total. The van der Waals surface area contributed by atoms with Crippen molar-refractivity contribution in [1.82, 2.24) is 29.7 Å². The van der Waals surface area contributed by atoms with E-state index in [0.717, 1.165) is 54.6 Å². The van der Waals surface area contributed by atoms with Crippen LogP contribution < -0.4 is 0 Å². The standard InChI is InChI=1S/C23H25N7/c1-3-16-11-20-21(27-28-22(20)17-4-7-29(8-5-17)9-6-24)12-19(16)18-10-15(2)23-25-14-26-30(23)13-18/h10-14,17H,3-5,7-9H2,1-2H3,(H,27,28). The van der Waals surface area contributed by atoms with Crippen molar-refractivity contribution in [1.29, 1.82) is 5.26 Å². The largest absolute Gasteiger partial charge is 0.291 e. The molecule has 7 heteroatoms. The van der Waals surface area contributed by atoms with Crippen LogP contribution in [-0.2, 0) is 6.42 Å². The van der Waals surface area contributed by atoms with Crippen molar-refractivity contribution in [3.8, 4) is 17.2 Å². The van der Waals surface area contributed by atoms with Crippen molar-refractivity contribution < 1.29 is 0 Å². The molecule has 1 aromatic carbocycles. The minimum absolute atomic E-state index is 0.467. The second-order valence-corrected chi connectivity index (χ2v) is 8.17. The van der Waals surface area contributed by atoms with Crippen LogP contribution in [0.25, 0.3) is 27.7 Å². The van der Waals surface area contributed by atoms with Gasteiger partial charge in [-0.15, -0.1) is 0 Å². The first-order chi connectivity index (χ1) is 14.7. The van der Waals surface area contributed by atoms with Crippen molar-refractivity contribution in [2.75, 3.05) is 19.6 Å². The fraction of sp³-hybridized carbons (Fsp3) is 0.391. The quantitative estimate of drug-likeness (QED) is 0.527. The van der Waals surface area contributed by atoms with E-state index in [0.29, 0.717) is 12.5 Å². The van der Waals surface area contributed by atoms with E-state index in [1.807, 2.05) is 10.7 Å². The van der Waals surface area contributed by atoms with Crippen LogP contribution >= 0.6 is 0 Å². The van der Waals surface area contributed by atoms with Crippen molar-refractivity contribution >= 4 is 16.6 Å². The number of hydrogen-bond acceptors (Lipinski definition) is 5. The fourth-order valence-electron chi connectivity index (χ4n) is 4.72. The monoisotopic (exact) mass is 399 g/mol. The van der Waals surface area contributed by atoms with Gasteiger partial charge in [0.2, 0.25) is 0 Å². The van der Waals surface area contributed by atoms with Crippen LogP contribution in [-0.4, -0.2) is 49.3 Å². The number of aromatic amines is 1. The normalized spacial score (nSPS) is 15.8. The number of nitriles is 1. The minimum atomic E-state index is 0.467. The van der Waals surface area contributed by atoms with E-state index in [1.54, 1.807) is 6.33 Å². The number of nitrogens with zero attached hydrogens (tertiary/aromatic N) is 6. The third-order valence-electron chi connectivity index (χ3n) is 6.35. The zero-order valence-corrected chi connectivity index (χ0v) is 17.4. The molecule has 3 aromatic heterocycles. The highest BCUT2D eigenvalue weighted by Crippen LogP contribution is 2.35. The molecule has 4 heterocycles. The van der Waals surface area contributed by atoms with Crippen LogP contribution in [0.1, 0.15) is 42.5 Å². The fourth-order valence-corrected chi connectivity index (χ4v) is 4.72. The maximum atomic E-state index is 8.93. The van der Waals surface area contributed by atoms with Crippen molar-refractivity contribution in [3.05, 3.63) is 47.5 Å². The van der Waals surface area contributed by atoms with Gasteiger partial charge in [-0.25, -0.2) is 9.50 Å². The molecule has 7 nitrogen and oxygen atoms in total. The Bertz CT molecular complexity index is 1250. The van der Waals surface area contributed by atoms with Gasteiger partial charge < -0.3 is 0 Å². The Morgan fingerprint density at radius 2 is 2.07 bits per heavy atom. The SMILES string of the molecule is CCc1cc2c(C3CCN(CC#N)CC3)[nH]nc2cc1-c1cc(C)c2ncnn2c1. The van der Waals surface area contributed by atoms with Crippen LogP contribution in [0.4, 0.5) is 0 Å². The molecule has 1 fully saturated rings. The smallest absolute Gasteiger partial charge is 0.158 e. The maximum absolute atomic E-state index is 8.93. The molecule has 0 radical (unpaired) electrons. The van der Waals surface area contributed by atoms with Gasteiger partial charge in [0.1, 0.15) is 6.33 Å². The van der Waals surface area contributed by atoms with E-state index in [-0.39, 0.29) is 0 Å². The number of piperidine rings is 1. The predicted molar refractivity (Wildman–Crippen MR) is 116 cm³/mol. The van der Waals surface area contributed by atoms with E-state index in [9.17, 15) is 0 Å². The van der Waals surface area contributed by atoms with Crippen LogP contribution in [0.2, 0.25) is 0 Å². The van der Waals surface area contributed by atoms with Gasteiger partial charge >= 0.3 is 0 Å². The lowest BCUT2D eigenvalue weighted by atomic mass is 9.89. The summed E-state index contributed by atoms with van der Waals surface area (Å²) in [5, 5.41) is 22.5. The summed E-state index contributed by atoms with van der Waals surface area (Å²) >= 11 is 0. The van der Waals surface area contributed by atoms with Crippen LogP contribution in [0.15, 0.2) is 30.7 Å². The Kier molecular flexibility index (Phi) is 4.72. The lowest BCUT2D eigenvalue weighted by Gasteiger charge is -2.29. The van der Waals surface area contributed by atoms with E-state index >= 15 is 0 Å². The number of fused-ring (bicyclic) bond motifs is 2. The second kappa shape index (κ2) is 7.54. The first-order valence-electron chi connectivity index (χ1n) is 10.6. The summed E-state index contributed by atoms with van der Waals surface area (Å²) in [6.45, 7) is 6.73. The third-order valence-corrected chi connectivity index (χ3v) is 6.35. The number of nitrogens with one attached hydrogen (secondary N) is 1. The minimum Gasteiger partial charge on any atom is -0.291 e. The first kappa shape index (κ1) is 18.8. The van der Waals surface area contributed by atoms with Crippen LogP contribution in [0.5, 0.6) is 0 Å². The summed E-state index contributed by atoms with van der Waals surface area (Å²) in [5.74, 6) is 0.467. The maximum Gasteiger partial charge on any atom is 0.158 e. The van der Waals surface area contributed by atoms with Crippen LogP contribution in [0.3, 0.4) is 0 Å². The van der Waals surface area contributed by atoms with Gasteiger partial charge in [0, 0.05) is 28.8 Å². The molecule has 0 amide bonds. The first-order valence-corrected chi connectivity index (χ1v) is 10.6. The van der Waals surface area contributed by atoms with Crippen molar-refractivity contribution in [2.45, 2.75) is 39.0 Å². The number of rotatable bonds is 4. The number of aromatic nitrogens is 5. The van der Waals surface area contributed by atoms with E-state index < -0.39 is 0 Å². The zero-order chi connectivity index (χ0) is 20.7. The number of benzene rings is 1. The lowest BCUT2D eigenvalue weighted by molar-refractivity contribution is 0.233. The molecular formula is C23H25N7. The van der Waals surface area contributed by atoms with Crippen molar-refractivity contribution in [3.63, 3.8) is 0 Å². The summed E-state index contributed by atoms with van der Waals surface area (Å²) in [6.07, 6.45) is 6.71. The van der Waals surface area contributed by atoms with E-state index in [4.69, 9.17) is 5.26 Å². The topological polar surface area (TPSA) is 85.9 Å². The molecule has 1 aliphatic heterocycles. The molecule has 152 valence electrons. The molecule has 0 spiro atoms. The Hall–Kier alpha value is -3.24. The van der Waals surface area contributed by atoms with Gasteiger partial charge in [-0.1, -0.05) is 6.92 Å². The number of pyridine rings is 1. The number of likely N-dealkylation sites (tertiary alicyclic amines) is 1. The molecule has 0 saturated carbocycles. The summed E-state index contributed by atoms with van der Waals surface area (Å²) in [5.41, 5.74) is 7.90. The Labute approximate surface area is 175 Å². The van der Waals surface area contributed by atoms with E-state index in [2.05, 4.69) is 63.3 Å². The molecule has 5 rings (SSSR count). The van der Waals surface area contributed by atoms with Gasteiger partial charge in [-0.2, -0.15) is 15.5 Å². The highest BCUT2D eigenvalue weighted by Gasteiger charge is 2.24. The molecule has 4 aromatic rings. The molecule has 0 bridgehead atoms. The molecule has 1 saturated heterocycles. The predicted octanol–water partition coefficient (Wildman–Crippen LogP) is 3.85. The summed E-state index contributed by atoms with van der Waals surface area (Å²) < 4.78 is 1.85. The average Bonchev–Trinajstić information content (AvgIpc) is 3.40. The summed E-state index contributed by atoms with van der Waals surface area (Å²) in [4.78, 5) is 6.56. The molecule has 0 unspecified atom stereocenters. The van der Waals surface area contributed by atoms with Gasteiger partial charge in [-0.05, 0) is 74.2 Å². The Morgan fingerprint density at radius 1 is 1.23 bits per heavy atom. The van der Waals surface area contributed by atoms with Gasteiger partial charge in [0.15, 0.2) is 5.65 Å². The number of aryl methyl sites for hydroxylation is 2. The molecule has 30 heavy (non-hydrogen) atoms. The highest BCUT2D eigenvalue weighted by atomic mass is 15.3. The Morgan fingerprint density at radius 3 is 2.83 bits per heavy atom. The molecule has 0 atom stereocenters. The van der Waals surface area contributed by atoms with Gasteiger partial charge in [-0.3, -0.25) is 10.00 Å². The third kappa shape index (κ3) is 3.14. The summed E-state index contributed by atoms with van der Waals surface area (Å²) in [6, 6.07) is 8.96. The van der Waals surface area contributed by atoms with Crippen LogP contribution in [0, 0.1) is 18.3 Å². The van der Waals surface area contributed by atoms with E-state index in [1.165, 1.54) is 22.2 Å². The van der Waals surface area contributed by atoms with Gasteiger partial charge in [0.05, 0.1) is 18.1 Å². The molecular weight excluding hydrogens is 374 g/mol. The lowest BCUT2D eigenvalue weighted by Crippen LogP contribution is -2.33. The zero-order valence-electron chi connectivity index (χ0n) is 17.4. The molecule has 0 aliphatic carbocycles. The molecule has 1 aliphatic rings. The highest BCUT2D eigenvalue weighted by molar-refractivity contribution is 5.88. The number of hydrogen-bond donors (Lipinski definition) is 1. The second-order valence-electron chi connectivity index (χ2n) is 8.17.